The summed E-state index contributed by atoms with van der Waals surface area (Å²) in [5.41, 5.74) is 6.71. The molecule has 2 N–H and O–H groups in total. The highest BCUT2D eigenvalue weighted by atomic mass is 19.2. The zero-order valence-electron chi connectivity index (χ0n) is 9.66. The average molecular weight is 241 g/mol. The van der Waals surface area contributed by atoms with Crippen LogP contribution in [0.5, 0.6) is 0 Å². The van der Waals surface area contributed by atoms with Crippen LogP contribution < -0.4 is 5.73 Å². The summed E-state index contributed by atoms with van der Waals surface area (Å²) >= 11 is 0. The standard InChI is InChI=1S/C13H17F2NO/c14-12-4-3-9(7-13(12)15)6-10(16)8-11-2-1-5-17-11/h3-4,7,10-11H,1-2,5-6,8,16H2. The van der Waals surface area contributed by atoms with Crippen LogP contribution in [0.25, 0.3) is 0 Å². The Hall–Kier alpha value is -1.00. The first-order valence-electron chi connectivity index (χ1n) is 5.96. The topological polar surface area (TPSA) is 35.2 Å². The van der Waals surface area contributed by atoms with Gasteiger partial charge in [-0.05, 0) is 43.4 Å². The molecule has 17 heavy (non-hydrogen) atoms. The van der Waals surface area contributed by atoms with E-state index in [1.807, 2.05) is 0 Å². The van der Waals surface area contributed by atoms with Crippen LogP contribution in [0.4, 0.5) is 8.78 Å². The minimum Gasteiger partial charge on any atom is -0.378 e. The second-order valence-electron chi connectivity index (χ2n) is 4.58. The van der Waals surface area contributed by atoms with E-state index in [0.29, 0.717) is 6.42 Å². The van der Waals surface area contributed by atoms with Gasteiger partial charge in [-0.25, -0.2) is 8.78 Å². The van der Waals surface area contributed by atoms with E-state index < -0.39 is 11.6 Å². The Labute approximate surface area is 99.8 Å². The van der Waals surface area contributed by atoms with Gasteiger partial charge < -0.3 is 10.5 Å². The maximum Gasteiger partial charge on any atom is 0.159 e. The summed E-state index contributed by atoms with van der Waals surface area (Å²) in [4.78, 5) is 0. The molecule has 4 heteroatoms. The highest BCUT2D eigenvalue weighted by Crippen LogP contribution is 2.18. The minimum absolute atomic E-state index is 0.0667. The fraction of sp³-hybridized carbons (Fsp3) is 0.538. The van der Waals surface area contributed by atoms with E-state index in [4.69, 9.17) is 10.5 Å². The Morgan fingerprint density at radius 1 is 1.35 bits per heavy atom. The van der Waals surface area contributed by atoms with Crippen LogP contribution in [-0.4, -0.2) is 18.8 Å². The van der Waals surface area contributed by atoms with Gasteiger partial charge >= 0.3 is 0 Å². The molecule has 2 atom stereocenters. The molecule has 1 aliphatic rings. The van der Waals surface area contributed by atoms with Crippen molar-refractivity contribution in [2.45, 2.75) is 37.8 Å². The third kappa shape index (κ3) is 3.48. The summed E-state index contributed by atoms with van der Waals surface area (Å²) in [7, 11) is 0. The molecule has 0 radical (unpaired) electrons. The number of benzene rings is 1. The molecular weight excluding hydrogens is 224 g/mol. The molecule has 0 amide bonds. The maximum absolute atomic E-state index is 13.0. The predicted molar refractivity (Wildman–Crippen MR) is 61.6 cm³/mol. The number of hydrogen-bond acceptors (Lipinski definition) is 2. The first-order chi connectivity index (χ1) is 8.15. The quantitative estimate of drug-likeness (QED) is 0.878. The highest BCUT2D eigenvalue weighted by molar-refractivity contribution is 5.18. The van der Waals surface area contributed by atoms with E-state index in [9.17, 15) is 8.78 Å². The molecule has 2 unspecified atom stereocenters. The van der Waals surface area contributed by atoms with Crippen molar-refractivity contribution in [1.82, 2.24) is 0 Å². The summed E-state index contributed by atoms with van der Waals surface area (Å²) in [6.45, 7) is 0.808. The number of nitrogens with two attached hydrogens (primary N) is 1. The smallest absolute Gasteiger partial charge is 0.159 e. The average Bonchev–Trinajstić information content (AvgIpc) is 2.76. The lowest BCUT2D eigenvalue weighted by Crippen LogP contribution is -2.28. The third-order valence-electron chi connectivity index (χ3n) is 3.07. The van der Waals surface area contributed by atoms with E-state index in [1.165, 1.54) is 6.07 Å². The fourth-order valence-electron chi connectivity index (χ4n) is 2.22. The lowest BCUT2D eigenvalue weighted by atomic mass is 10.00. The van der Waals surface area contributed by atoms with E-state index in [1.54, 1.807) is 6.07 Å². The molecular formula is C13H17F2NO. The van der Waals surface area contributed by atoms with Crippen molar-refractivity contribution in [1.29, 1.82) is 0 Å². The van der Waals surface area contributed by atoms with Gasteiger partial charge in [-0.15, -0.1) is 0 Å². The van der Waals surface area contributed by atoms with Crippen molar-refractivity contribution in [3.63, 3.8) is 0 Å². The van der Waals surface area contributed by atoms with Crippen LogP contribution in [0.15, 0.2) is 18.2 Å². The van der Waals surface area contributed by atoms with E-state index >= 15 is 0 Å². The summed E-state index contributed by atoms with van der Waals surface area (Å²) in [6, 6.07) is 3.87. The van der Waals surface area contributed by atoms with Gasteiger partial charge in [0.2, 0.25) is 0 Å². The maximum atomic E-state index is 13.0. The minimum atomic E-state index is -0.818. The van der Waals surface area contributed by atoms with Crippen LogP contribution in [0, 0.1) is 11.6 Å². The number of rotatable bonds is 4. The van der Waals surface area contributed by atoms with Gasteiger partial charge in [0.25, 0.3) is 0 Å². The zero-order valence-corrected chi connectivity index (χ0v) is 9.66. The predicted octanol–water partition coefficient (Wildman–Crippen LogP) is 2.40. The summed E-state index contributed by atoms with van der Waals surface area (Å²) in [5, 5.41) is 0. The molecule has 0 bridgehead atoms. The SMILES string of the molecule is NC(Cc1ccc(F)c(F)c1)CC1CCCO1. The Balaban J connectivity index is 1.88. The van der Waals surface area contributed by atoms with Crippen molar-refractivity contribution in [3.8, 4) is 0 Å². The molecule has 2 rings (SSSR count). The Kier molecular flexibility index (Phi) is 4.07. The molecule has 94 valence electrons. The van der Waals surface area contributed by atoms with Crippen molar-refractivity contribution in [2.75, 3.05) is 6.61 Å². The number of ether oxygens (including phenoxy) is 1. The summed E-state index contributed by atoms with van der Waals surface area (Å²) in [6.07, 6.45) is 3.69. The van der Waals surface area contributed by atoms with Gasteiger partial charge in [0, 0.05) is 12.6 Å². The summed E-state index contributed by atoms with van der Waals surface area (Å²) in [5.74, 6) is -1.63. The molecule has 1 saturated heterocycles. The molecule has 1 heterocycles. The summed E-state index contributed by atoms with van der Waals surface area (Å²) < 4.78 is 31.2. The molecule has 1 fully saturated rings. The lowest BCUT2D eigenvalue weighted by Gasteiger charge is -2.16. The van der Waals surface area contributed by atoms with Gasteiger partial charge in [-0.3, -0.25) is 0 Å². The first kappa shape index (κ1) is 12.5. The Morgan fingerprint density at radius 3 is 2.82 bits per heavy atom. The third-order valence-corrected chi connectivity index (χ3v) is 3.07. The highest BCUT2D eigenvalue weighted by Gasteiger charge is 2.19. The molecule has 1 aromatic carbocycles. The lowest BCUT2D eigenvalue weighted by molar-refractivity contribution is 0.0983. The van der Waals surface area contributed by atoms with Crippen LogP contribution in [0.2, 0.25) is 0 Å². The fourth-order valence-corrected chi connectivity index (χ4v) is 2.22. The van der Waals surface area contributed by atoms with Gasteiger partial charge in [-0.2, -0.15) is 0 Å². The Bertz CT molecular complexity index is 378. The molecule has 1 aromatic rings. The first-order valence-corrected chi connectivity index (χ1v) is 5.96. The molecule has 2 nitrogen and oxygen atoms in total. The molecule has 0 spiro atoms. The van der Waals surface area contributed by atoms with Crippen LogP contribution in [-0.2, 0) is 11.2 Å². The van der Waals surface area contributed by atoms with Crippen LogP contribution in [0.1, 0.15) is 24.8 Å². The van der Waals surface area contributed by atoms with E-state index in [2.05, 4.69) is 0 Å². The van der Waals surface area contributed by atoms with Crippen LogP contribution >= 0.6 is 0 Å². The molecule has 0 aliphatic carbocycles. The van der Waals surface area contributed by atoms with E-state index in [0.717, 1.165) is 37.5 Å². The molecule has 0 saturated carbocycles. The van der Waals surface area contributed by atoms with Gasteiger partial charge in [-0.1, -0.05) is 6.07 Å². The van der Waals surface area contributed by atoms with Gasteiger partial charge in [0.05, 0.1) is 6.10 Å². The van der Waals surface area contributed by atoms with Crippen molar-refractivity contribution >= 4 is 0 Å². The van der Waals surface area contributed by atoms with Gasteiger partial charge in [0.15, 0.2) is 11.6 Å². The van der Waals surface area contributed by atoms with Crippen molar-refractivity contribution in [3.05, 3.63) is 35.4 Å². The second kappa shape index (κ2) is 5.56. The monoisotopic (exact) mass is 241 g/mol. The molecule has 0 aromatic heterocycles. The largest absolute Gasteiger partial charge is 0.378 e. The Morgan fingerprint density at radius 2 is 2.18 bits per heavy atom. The van der Waals surface area contributed by atoms with Crippen molar-refractivity contribution in [2.24, 2.45) is 5.73 Å². The van der Waals surface area contributed by atoms with Crippen molar-refractivity contribution < 1.29 is 13.5 Å². The van der Waals surface area contributed by atoms with Crippen LogP contribution in [0.3, 0.4) is 0 Å². The van der Waals surface area contributed by atoms with E-state index in [-0.39, 0.29) is 12.1 Å². The second-order valence-corrected chi connectivity index (χ2v) is 4.58. The number of halogens is 2. The normalized spacial score (nSPS) is 21.7. The molecule has 1 aliphatic heterocycles. The zero-order chi connectivity index (χ0) is 12.3. The number of hydrogen-bond donors (Lipinski definition) is 1. The van der Waals surface area contributed by atoms with Gasteiger partial charge in [0.1, 0.15) is 0 Å².